The lowest BCUT2D eigenvalue weighted by Crippen LogP contribution is -2.26. The summed E-state index contributed by atoms with van der Waals surface area (Å²) in [6.07, 6.45) is 2.28. The zero-order valence-electron chi connectivity index (χ0n) is 16.8. The summed E-state index contributed by atoms with van der Waals surface area (Å²) in [5.41, 5.74) is 2.33. The lowest BCUT2D eigenvalue weighted by Gasteiger charge is -2.26. The number of unbranched alkanes of at least 4 members (excludes halogenated alkanes) is 1. The molecule has 0 bridgehead atoms. The Morgan fingerprint density at radius 2 is 1.83 bits per heavy atom. The number of pyridine rings is 1. The van der Waals surface area contributed by atoms with Crippen molar-refractivity contribution in [1.82, 2.24) is 10.1 Å². The minimum atomic E-state index is -1.30. The second kappa shape index (κ2) is 8.38. The van der Waals surface area contributed by atoms with Crippen LogP contribution in [-0.2, 0) is 5.60 Å². The monoisotopic (exact) mass is 440 g/mol. The van der Waals surface area contributed by atoms with Gasteiger partial charge in [-0.05, 0) is 36.6 Å². The lowest BCUT2D eigenvalue weighted by atomic mass is 9.85. The van der Waals surface area contributed by atoms with Gasteiger partial charge in [-0.2, -0.15) is 0 Å². The van der Waals surface area contributed by atoms with Crippen LogP contribution in [-0.4, -0.2) is 15.2 Å². The maximum absolute atomic E-state index is 11.7. The van der Waals surface area contributed by atoms with Crippen molar-refractivity contribution in [3.63, 3.8) is 0 Å². The van der Waals surface area contributed by atoms with E-state index < -0.39 is 5.60 Å². The third kappa shape index (κ3) is 3.71. The number of hydrogen-bond acceptors (Lipinski definition) is 4. The van der Waals surface area contributed by atoms with Gasteiger partial charge < -0.3 is 9.63 Å². The van der Waals surface area contributed by atoms with Crippen LogP contribution in [0.4, 0.5) is 0 Å². The Hall–Kier alpha value is -2.40. The van der Waals surface area contributed by atoms with Crippen LogP contribution in [0.15, 0.2) is 59.1 Å². The standard InChI is InChI=1S/C24H22Cl2N2O2/c1-3-4-12-24(29,20-13-15(2)28-30-20)17-10-11-19-18(14-17)22(25)21(23(26)27-19)16-8-6-5-7-9-16/h5-11,13-14,29H,3-4,12H2,1-2H3. The Morgan fingerprint density at radius 3 is 2.50 bits per heavy atom. The molecule has 0 aliphatic heterocycles. The maximum Gasteiger partial charge on any atom is 0.173 e. The molecular formula is C24H22Cl2N2O2. The minimum Gasteiger partial charge on any atom is -0.377 e. The van der Waals surface area contributed by atoms with Crippen LogP contribution >= 0.6 is 23.2 Å². The van der Waals surface area contributed by atoms with Crippen molar-refractivity contribution in [2.45, 2.75) is 38.7 Å². The Labute approximate surface area is 185 Å². The van der Waals surface area contributed by atoms with E-state index in [2.05, 4.69) is 17.1 Å². The fourth-order valence-electron chi connectivity index (χ4n) is 3.71. The van der Waals surface area contributed by atoms with Gasteiger partial charge in [0.25, 0.3) is 0 Å². The van der Waals surface area contributed by atoms with E-state index in [1.54, 1.807) is 6.07 Å². The summed E-state index contributed by atoms with van der Waals surface area (Å²) in [5, 5.41) is 17.2. The van der Waals surface area contributed by atoms with E-state index >= 15 is 0 Å². The third-order valence-corrected chi connectivity index (χ3v) is 6.01. The quantitative estimate of drug-likeness (QED) is 0.330. The molecule has 0 radical (unpaired) electrons. The molecular weight excluding hydrogens is 419 g/mol. The third-order valence-electron chi connectivity index (χ3n) is 5.35. The summed E-state index contributed by atoms with van der Waals surface area (Å²) >= 11 is 13.3. The van der Waals surface area contributed by atoms with Gasteiger partial charge in [0.1, 0.15) is 10.8 Å². The molecule has 4 nitrogen and oxygen atoms in total. The number of hydrogen-bond donors (Lipinski definition) is 1. The molecule has 0 spiro atoms. The van der Waals surface area contributed by atoms with Crippen LogP contribution in [0.25, 0.3) is 22.0 Å². The molecule has 2 aromatic heterocycles. The minimum absolute atomic E-state index is 0.346. The smallest absolute Gasteiger partial charge is 0.173 e. The summed E-state index contributed by atoms with van der Waals surface area (Å²) in [5.74, 6) is 0.425. The van der Waals surface area contributed by atoms with Crippen molar-refractivity contribution in [2.24, 2.45) is 0 Å². The molecule has 4 aromatic rings. The Kier molecular flexibility index (Phi) is 5.83. The summed E-state index contributed by atoms with van der Waals surface area (Å²) in [4.78, 5) is 4.54. The van der Waals surface area contributed by atoms with Gasteiger partial charge in [0.15, 0.2) is 5.76 Å². The van der Waals surface area contributed by atoms with Crippen LogP contribution in [0.5, 0.6) is 0 Å². The van der Waals surface area contributed by atoms with Gasteiger partial charge in [-0.25, -0.2) is 4.98 Å². The van der Waals surface area contributed by atoms with Crippen LogP contribution in [0, 0.1) is 6.92 Å². The largest absolute Gasteiger partial charge is 0.377 e. The van der Waals surface area contributed by atoms with E-state index in [-0.39, 0.29) is 0 Å². The maximum atomic E-state index is 11.7. The second-order valence-electron chi connectivity index (χ2n) is 7.49. The molecule has 6 heteroatoms. The van der Waals surface area contributed by atoms with Crippen LogP contribution in [0.3, 0.4) is 0 Å². The van der Waals surface area contributed by atoms with Crippen molar-refractivity contribution in [3.8, 4) is 11.1 Å². The van der Waals surface area contributed by atoms with Gasteiger partial charge in [0, 0.05) is 17.0 Å². The molecule has 0 saturated carbocycles. The number of rotatable bonds is 6. The zero-order chi connectivity index (χ0) is 21.3. The molecule has 0 aliphatic carbocycles. The number of halogens is 2. The summed E-state index contributed by atoms with van der Waals surface area (Å²) in [7, 11) is 0. The summed E-state index contributed by atoms with van der Waals surface area (Å²) in [6.45, 7) is 3.92. The van der Waals surface area contributed by atoms with Crippen molar-refractivity contribution >= 4 is 34.1 Å². The summed E-state index contributed by atoms with van der Waals surface area (Å²) in [6, 6.07) is 17.0. The van der Waals surface area contributed by atoms with E-state index in [9.17, 15) is 5.11 Å². The number of nitrogens with zero attached hydrogens (tertiary/aromatic N) is 2. The summed E-state index contributed by atoms with van der Waals surface area (Å²) < 4.78 is 5.47. The molecule has 30 heavy (non-hydrogen) atoms. The first-order valence-electron chi connectivity index (χ1n) is 9.95. The zero-order valence-corrected chi connectivity index (χ0v) is 18.3. The number of fused-ring (bicyclic) bond motifs is 1. The van der Waals surface area contributed by atoms with Crippen molar-refractivity contribution < 1.29 is 9.63 Å². The Morgan fingerprint density at radius 1 is 1.07 bits per heavy atom. The molecule has 0 fully saturated rings. The number of benzene rings is 2. The first-order valence-corrected chi connectivity index (χ1v) is 10.7. The van der Waals surface area contributed by atoms with Crippen molar-refractivity contribution in [1.29, 1.82) is 0 Å². The average Bonchev–Trinajstić information content (AvgIpc) is 3.19. The van der Waals surface area contributed by atoms with Gasteiger partial charge in [-0.3, -0.25) is 0 Å². The predicted molar refractivity (Wildman–Crippen MR) is 121 cm³/mol. The van der Waals surface area contributed by atoms with Crippen LogP contribution < -0.4 is 0 Å². The topological polar surface area (TPSA) is 59.2 Å². The molecule has 0 aliphatic rings. The molecule has 1 unspecified atom stereocenters. The molecule has 1 atom stereocenters. The number of aliphatic hydroxyl groups is 1. The molecule has 154 valence electrons. The normalized spacial score (nSPS) is 13.5. The fraction of sp³-hybridized carbons (Fsp3) is 0.250. The van der Waals surface area contributed by atoms with Gasteiger partial charge in [0.2, 0.25) is 0 Å². The molecule has 1 N–H and O–H groups in total. The first-order chi connectivity index (χ1) is 14.4. The van der Waals surface area contributed by atoms with Crippen molar-refractivity contribution in [2.75, 3.05) is 0 Å². The highest BCUT2D eigenvalue weighted by Crippen LogP contribution is 2.41. The Balaban J connectivity index is 1.91. The molecule has 2 heterocycles. The van der Waals surface area contributed by atoms with E-state index in [0.717, 1.165) is 29.5 Å². The average molecular weight is 441 g/mol. The second-order valence-corrected chi connectivity index (χ2v) is 8.22. The number of aryl methyl sites for hydroxylation is 1. The van der Waals surface area contributed by atoms with Gasteiger partial charge in [-0.15, -0.1) is 0 Å². The SMILES string of the molecule is CCCCC(O)(c1ccc2nc(Cl)c(-c3ccccc3)c(Cl)c2c1)c1cc(C)no1. The lowest BCUT2D eigenvalue weighted by molar-refractivity contribution is 0.0394. The molecule has 2 aromatic carbocycles. The Bertz CT molecular complexity index is 1190. The van der Waals surface area contributed by atoms with Gasteiger partial charge in [-0.1, -0.05) is 84.5 Å². The number of aromatic nitrogens is 2. The van der Waals surface area contributed by atoms with Gasteiger partial charge in [0.05, 0.1) is 16.2 Å². The highest BCUT2D eigenvalue weighted by Gasteiger charge is 2.35. The fourth-order valence-corrected chi connectivity index (χ4v) is 4.40. The van der Waals surface area contributed by atoms with E-state index in [1.807, 2.05) is 55.5 Å². The molecule has 0 saturated heterocycles. The van der Waals surface area contributed by atoms with Crippen LogP contribution in [0.1, 0.15) is 43.2 Å². The highest BCUT2D eigenvalue weighted by molar-refractivity contribution is 6.42. The van der Waals surface area contributed by atoms with Crippen molar-refractivity contribution in [3.05, 3.63) is 81.8 Å². The van der Waals surface area contributed by atoms with Gasteiger partial charge >= 0.3 is 0 Å². The first kappa shape index (κ1) is 20.9. The molecule has 4 rings (SSSR count). The molecule has 0 amide bonds. The van der Waals surface area contributed by atoms with E-state index in [1.165, 1.54) is 0 Å². The van der Waals surface area contributed by atoms with E-state index in [4.69, 9.17) is 27.7 Å². The predicted octanol–water partition coefficient (Wildman–Crippen LogP) is 6.93. The highest BCUT2D eigenvalue weighted by atomic mass is 35.5. The van der Waals surface area contributed by atoms with Crippen LogP contribution in [0.2, 0.25) is 10.2 Å². The van der Waals surface area contributed by atoms with E-state index in [0.29, 0.717) is 39.0 Å².